The summed E-state index contributed by atoms with van der Waals surface area (Å²) < 4.78 is 0. The molecular weight excluding hydrogens is 304 g/mol. The van der Waals surface area contributed by atoms with E-state index in [1.54, 1.807) is 23.1 Å². The molecule has 0 aliphatic rings. The van der Waals surface area contributed by atoms with Crippen LogP contribution in [0.3, 0.4) is 0 Å². The third kappa shape index (κ3) is 4.56. The summed E-state index contributed by atoms with van der Waals surface area (Å²) >= 11 is 3.16. The van der Waals surface area contributed by atoms with Gasteiger partial charge in [-0.15, -0.1) is 23.1 Å². The van der Waals surface area contributed by atoms with Gasteiger partial charge < -0.3 is 10.4 Å². The maximum absolute atomic E-state index is 12.3. The Hall–Kier alpha value is -1.37. The third-order valence-corrected chi connectivity index (χ3v) is 4.78. The average molecular weight is 322 g/mol. The van der Waals surface area contributed by atoms with Crippen molar-refractivity contribution < 1.29 is 9.90 Å². The summed E-state index contributed by atoms with van der Waals surface area (Å²) in [5.74, 6) is 0.600. The van der Waals surface area contributed by atoms with Gasteiger partial charge in [0.2, 0.25) is 0 Å². The van der Waals surface area contributed by atoms with Crippen molar-refractivity contribution in [2.45, 2.75) is 30.0 Å². The van der Waals surface area contributed by atoms with E-state index in [2.05, 4.69) is 10.3 Å². The van der Waals surface area contributed by atoms with Gasteiger partial charge in [0.15, 0.2) is 0 Å². The molecule has 2 rings (SSSR count). The monoisotopic (exact) mass is 322 g/mol. The lowest BCUT2D eigenvalue weighted by atomic mass is 10.2. The van der Waals surface area contributed by atoms with Crippen LogP contribution in [0.1, 0.15) is 29.4 Å². The fraction of sp³-hybridized carbons (Fsp3) is 0.333. The van der Waals surface area contributed by atoms with Crippen molar-refractivity contribution in [1.29, 1.82) is 0 Å². The van der Waals surface area contributed by atoms with Crippen molar-refractivity contribution in [3.8, 4) is 0 Å². The molecule has 6 heteroatoms. The smallest absolute Gasteiger partial charge is 0.252 e. The molecule has 4 nitrogen and oxygen atoms in total. The molecular formula is C15H18N2O2S2. The number of aliphatic hydroxyl groups excluding tert-OH is 1. The van der Waals surface area contributed by atoms with E-state index >= 15 is 0 Å². The molecule has 0 saturated heterocycles. The Labute approximate surface area is 132 Å². The van der Waals surface area contributed by atoms with Gasteiger partial charge >= 0.3 is 0 Å². The van der Waals surface area contributed by atoms with Crippen molar-refractivity contribution in [2.75, 3.05) is 6.61 Å². The van der Waals surface area contributed by atoms with Gasteiger partial charge in [-0.25, -0.2) is 4.98 Å². The first kappa shape index (κ1) is 16.0. The molecule has 1 amide bonds. The second-order valence-corrected chi connectivity index (χ2v) is 6.26. The molecule has 112 valence electrons. The van der Waals surface area contributed by atoms with E-state index in [9.17, 15) is 9.90 Å². The van der Waals surface area contributed by atoms with E-state index in [0.29, 0.717) is 12.0 Å². The molecule has 1 atom stereocenters. The van der Waals surface area contributed by atoms with Crippen LogP contribution < -0.4 is 5.32 Å². The Bertz CT molecular complexity index is 569. The van der Waals surface area contributed by atoms with Crippen LogP contribution in [0.15, 0.2) is 40.1 Å². The zero-order chi connectivity index (χ0) is 15.1. The molecule has 21 heavy (non-hydrogen) atoms. The number of hydrogen-bond acceptors (Lipinski definition) is 5. The molecule has 0 aliphatic carbocycles. The van der Waals surface area contributed by atoms with E-state index in [1.165, 1.54) is 0 Å². The lowest BCUT2D eigenvalue weighted by Crippen LogP contribution is -2.37. The molecule has 0 aliphatic heterocycles. The minimum Gasteiger partial charge on any atom is -0.394 e. The highest BCUT2D eigenvalue weighted by molar-refractivity contribution is 7.98. The normalized spacial score (nSPS) is 12.1. The van der Waals surface area contributed by atoms with Gasteiger partial charge in [-0.1, -0.05) is 19.1 Å². The molecule has 0 spiro atoms. The van der Waals surface area contributed by atoms with Gasteiger partial charge in [-0.3, -0.25) is 4.79 Å². The number of benzene rings is 1. The van der Waals surface area contributed by atoms with Crippen molar-refractivity contribution in [2.24, 2.45) is 0 Å². The summed E-state index contributed by atoms with van der Waals surface area (Å²) in [4.78, 5) is 17.5. The Morgan fingerprint density at radius 2 is 2.29 bits per heavy atom. The van der Waals surface area contributed by atoms with Crippen molar-refractivity contribution in [3.05, 3.63) is 46.4 Å². The van der Waals surface area contributed by atoms with Gasteiger partial charge in [0, 0.05) is 16.0 Å². The highest BCUT2D eigenvalue weighted by Crippen LogP contribution is 2.26. The number of nitrogens with zero attached hydrogens (tertiary/aromatic N) is 1. The fourth-order valence-corrected chi connectivity index (χ4v) is 3.40. The zero-order valence-corrected chi connectivity index (χ0v) is 13.4. The minimum atomic E-state index is -0.200. The number of nitrogens with one attached hydrogen (secondary N) is 1. The number of aliphatic hydroxyl groups is 1. The highest BCUT2D eigenvalue weighted by Gasteiger charge is 2.15. The number of thioether (sulfide) groups is 1. The number of amides is 1. The molecule has 2 aromatic rings. The molecule has 0 fully saturated rings. The summed E-state index contributed by atoms with van der Waals surface area (Å²) in [5, 5.41) is 14.1. The quantitative estimate of drug-likeness (QED) is 0.769. The molecule has 0 radical (unpaired) electrons. The Morgan fingerprint density at radius 1 is 1.48 bits per heavy atom. The van der Waals surface area contributed by atoms with Crippen LogP contribution in [0.2, 0.25) is 0 Å². The van der Waals surface area contributed by atoms with Crippen LogP contribution in [-0.2, 0) is 5.75 Å². The molecule has 1 aromatic heterocycles. The number of rotatable bonds is 7. The maximum atomic E-state index is 12.3. The van der Waals surface area contributed by atoms with E-state index < -0.39 is 0 Å². The largest absolute Gasteiger partial charge is 0.394 e. The second-order valence-electron chi connectivity index (χ2n) is 4.53. The van der Waals surface area contributed by atoms with Crippen LogP contribution in [0, 0.1) is 0 Å². The first-order chi connectivity index (χ1) is 10.2. The van der Waals surface area contributed by atoms with E-state index in [-0.39, 0.29) is 18.6 Å². The number of hydrogen-bond donors (Lipinski definition) is 2. The zero-order valence-electron chi connectivity index (χ0n) is 11.8. The third-order valence-electron chi connectivity index (χ3n) is 3.04. The van der Waals surface area contributed by atoms with E-state index in [4.69, 9.17) is 0 Å². The van der Waals surface area contributed by atoms with E-state index in [0.717, 1.165) is 16.3 Å². The second kappa shape index (κ2) is 8.17. The van der Waals surface area contributed by atoms with Crippen LogP contribution in [0.5, 0.6) is 0 Å². The fourth-order valence-electron chi connectivity index (χ4n) is 1.78. The Balaban J connectivity index is 2.07. The highest BCUT2D eigenvalue weighted by atomic mass is 32.2. The number of thiazole rings is 1. The van der Waals surface area contributed by atoms with E-state index in [1.807, 2.05) is 42.1 Å². The van der Waals surface area contributed by atoms with Gasteiger partial charge in [-0.05, 0) is 18.6 Å². The van der Waals surface area contributed by atoms with Crippen LogP contribution in [0.4, 0.5) is 0 Å². The van der Waals surface area contributed by atoms with Gasteiger partial charge in [0.25, 0.3) is 5.91 Å². The molecule has 0 bridgehead atoms. The summed E-state index contributed by atoms with van der Waals surface area (Å²) in [5.41, 5.74) is 3.47. The van der Waals surface area contributed by atoms with Crippen molar-refractivity contribution >= 4 is 29.0 Å². The topological polar surface area (TPSA) is 62.2 Å². The average Bonchev–Trinajstić information content (AvgIpc) is 3.04. The number of aromatic nitrogens is 1. The van der Waals surface area contributed by atoms with Gasteiger partial charge in [0.1, 0.15) is 0 Å². The molecule has 2 N–H and O–H groups in total. The maximum Gasteiger partial charge on any atom is 0.252 e. The SMILES string of the molecule is CCC(CO)NC(=O)c1ccccc1SCc1cscn1. The Kier molecular flexibility index (Phi) is 6.22. The summed E-state index contributed by atoms with van der Waals surface area (Å²) in [6.45, 7) is 1.89. The molecule has 1 aromatic carbocycles. The molecule has 1 unspecified atom stereocenters. The lowest BCUT2D eigenvalue weighted by molar-refractivity contribution is 0.0912. The lowest BCUT2D eigenvalue weighted by Gasteiger charge is -2.15. The van der Waals surface area contributed by atoms with Gasteiger partial charge in [-0.2, -0.15) is 0 Å². The van der Waals surface area contributed by atoms with Crippen molar-refractivity contribution in [1.82, 2.24) is 10.3 Å². The standard InChI is InChI=1S/C15H18N2O2S2/c1-2-11(7-18)17-15(19)13-5-3-4-6-14(13)21-9-12-8-20-10-16-12/h3-6,8,10-11,18H,2,7,9H2,1H3,(H,17,19). The predicted molar refractivity (Wildman–Crippen MR) is 86.7 cm³/mol. The Morgan fingerprint density at radius 3 is 2.95 bits per heavy atom. The summed E-state index contributed by atoms with van der Waals surface area (Å²) in [7, 11) is 0. The van der Waals surface area contributed by atoms with Crippen molar-refractivity contribution in [3.63, 3.8) is 0 Å². The van der Waals surface area contributed by atoms with Gasteiger partial charge in [0.05, 0.1) is 29.4 Å². The summed E-state index contributed by atoms with van der Waals surface area (Å²) in [6, 6.07) is 7.31. The predicted octanol–water partition coefficient (Wildman–Crippen LogP) is 2.94. The number of carbonyl (C=O) groups is 1. The number of carbonyl (C=O) groups excluding carboxylic acids is 1. The minimum absolute atomic E-state index is 0.0453. The summed E-state index contributed by atoms with van der Waals surface area (Å²) in [6.07, 6.45) is 0.705. The molecule has 1 heterocycles. The van der Waals surface area contributed by atoms with Crippen LogP contribution in [0.25, 0.3) is 0 Å². The van der Waals surface area contributed by atoms with Crippen LogP contribution in [-0.4, -0.2) is 28.6 Å². The first-order valence-corrected chi connectivity index (χ1v) is 8.68. The van der Waals surface area contributed by atoms with Crippen LogP contribution >= 0.6 is 23.1 Å². The first-order valence-electron chi connectivity index (χ1n) is 6.75. The molecule has 0 saturated carbocycles.